The van der Waals surface area contributed by atoms with Gasteiger partial charge in [0.1, 0.15) is 0 Å². The number of rotatable bonds is 7. The van der Waals surface area contributed by atoms with E-state index in [0.717, 1.165) is 46.0 Å². The van der Waals surface area contributed by atoms with Crippen molar-refractivity contribution in [2.24, 2.45) is 0 Å². The highest BCUT2D eigenvalue weighted by molar-refractivity contribution is 5.76. The number of aromatic nitrogens is 5. The summed E-state index contributed by atoms with van der Waals surface area (Å²) in [4.78, 5) is 11.8. The maximum Gasteiger partial charge on any atom is 0.416 e. The topological polar surface area (TPSA) is 77.6 Å². The molecular weight excluding hydrogens is 493 g/mol. The Morgan fingerprint density at radius 2 is 1.47 bits per heavy atom. The average molecular weight is 517 g/mol. The lowest BCUT2D eigenvalue weighted by Gasteiger charge is -2.10. The second kappa shape index (κ2) is 10.3. The van der Waals surface area contributed by atoms with Crippen molar-refractivity contribution in [2.75, 3.05) is 7.05 Å². The van der Waals surface area contributed by atoms with Crippen LogP contribution in [0.25, 0.3) is 33.8 Å². The van der Waals surface area contributed by atoms with Gasteiger partial charge >= 0.3 is 6.18 Å². The maximum atomic E-state index is 12.9. The Kier molecular flexibility index (Phi) is 6.78. The number of aryl methyl sites for hydroxylation is 1. The van der Waals surface area contributed by atoms with E-state index in [1.54, 1.807) is 24.1 Å². The van der Waals surface area contributed by atoms with Crippen molar-refractivity contribution in [3.05, 3.63) is 103 Å². The number of nitrogens with one attached hydrogen (secondary N) is 1. The van der Waals surface area contributed by atoms with Gasteiger partial charge in [-0.3, -0.25) is 4.79 Å². The number of halogens is 3. The van der Waals surface area contributed by atoms with Crippen LogP contribution in [0.3, 0.4) is 0 Å². The smallest absolute Gasteiger partial charge is 0.359 e. The van der Waals surface area contributed by atoms with Crippen LogP contribution in [-0.2, 0) is 17.4 Å². The Bertz CT molecular complexity index is 1520. The number of hydrogen-bond donors (Lipinski definition) is 1. The van der Waals surface area contributed by atoms with Gasteiger partial charge in [-0.1, -0.05) is 41.6 Å². The van der Waals surface area contributed by atoms with Gasteiger partial charge in [0, 0.05) is 25.5 Å². The maximum absolute atomic E-state index is 12.9. The van der Waals surface area contributed by atoms with Crippen molar-refractivity contribution >= 4 is 5.91 Å². The molecule has 0 atom stereocenters. The Balaban J connectivity index is 1.47. The van der Waals surface area contributed by atoms with Gasteiger partial charge in [-0.2, -0.15) is 18.3 Å². The molecule has 0 unspecified atom stereocenters. The first-order chi connectivity index (χ1) is 18.3. The van der Waals surface area contributed by atoms with Gasteiger partial charge in [0.05, 0.1) is 40.7 Å². The number of carbonyl (C=O) groups is 1. The molecule has 0 saturated heterocycles. The molecule has 3 aromatic carbocycles. The first kappa shape index (κ1) is 24.9. The van der Waals surface area contributed by atoms with Crippen molar-refractivity contribution in [1.82, 2.24) is 30.1 Å². The lowest BCUT2D eigenvalue weighted by molar-refractivity contribution is -0.137. The summed E-state index contributed by atoms with van der Waals surface area (Å²) in [5.41, 5.74) is 4.93. The number of amides is 1. The molecular formula is C28H23F3N6O. The van der Waals surface area contributed by atoms with Crippen LogP contribution in [-0.4, -0.2) is 37.7 Å². The van der Waals surface area contributed by atoms with Crippen molar-refractivity contribution in [3.63, 3.8) is 0 Å². The van der Waals surface area contributed by atoms with E-state index in [-0.39, 0.29) is 5.91 Å². The first-order valence-corrected chi connectivity index (χ1v) is 11.9. The van der Waals surface area contributed by atoms with Crippen molar-refractivity contribution in [1.29, 1.82) is 0 Å². The van der Waals surface area contributed by atoms with Gasteiger partial charge in [0.15, 0.2) is 0 Å². The lowest BCUT2D eigenvalue weighted by atomic mass is 10.0. The molecule has 192 valence electrons. The molecule has 7 nitrogen and oxygen atoms in total. The van der Waals surface area contributed by atoms with E-state index >= 15 is 0 Å². The lowest BCUT2D eigenvalue weighted by Crippen LogP contribution is -2.18. The molecule has 5 rings (SSSR count). The summed E-state index contributed by atoms with van der Waals surface area (Å²) in [6, 6.07) is 22.3. The minimum absolute atomic E-state index is 0.0702. The van der Waals surface area contributed by atoms with Gasteiger partial charge in [0.2, 0.25) is 5.91 Å². The number of alkyl halides is 3. The largest absolute Gasteiger partial charge is 0.416 e. The molecule has 0 radical (unpaired) electrons. The molecule has 0 aliphatic carbocycles. The number of benzene rings is 3. The highest BCUT2D eigenvalue weighted by atomic mass is 19.4. The van der Waals surface area contributed by atoms with Gasteiger partial charge in [-0.25, -0.2) is 9.36 Å². The fraction of sp³-hybridized carbons (Fsp3) is 0.143. The summed E-state index contributed by atoms with van der Waals surface area (Å²) in [5, 5.41) is 15.2. The molecule has 1 N–H and O–H groups in total. The molecule has 38 heavy (non-hydrogen) atoms. The third-order valence-corrected chi connectivity index (χ3v) is 6.15. The summed E-state index contributed by atoms with van der Waals surface area (Å²) in [6.07, 6.45) is -0.231. The van der Waals surface area contributed by atoms with E-state index in [2.05, 4.69) is 15.6 Å². The molecule has 2 aromatic heterocycles. The average Bonchev–Trinajstić information content (AvgIpc) is 3.62. The van der Waals surface area contributed by atoms with Crippen LogP contribution in [0.2, 0.25) is 0 Å². The summed E-state index contributed by atoms with van der Waals surface area (Å²) < 4.78 is 42.2. The molecule has 0 fully saturated rings. The normalized spacial score (nSPS) is 11.5. The van der Waals surface area contributed by atoms with Gasteiger partial charge in [-0.05, 0) is 53.6 Å². The first-order valence-electron chi connectivity index (χ1n) is 11.9. The quantitative estimate of drug-likeness (QED) is 0.311. The molecule has 5 aromatic rings. The third kappa shape index (κ3) is 5.34. The molecule has 0 aliphatic rings. The number of nitrogens with zero attached hydrogens (tertiary/aromatic N) is 5. The highest BCUT2D eigenvalue weighted by Crippen LogP contribution is 2.32. The zero-order valence-corrected chi connectivity index (χ0v) is 20.4. The van der Waals surface area contributed by atoms with E-state index in [4.69, 9.17) is 5.10 Å². The van der Waals surface area contributed by atoms with Crippen LogP contribution in [0.15, 0.2) is 91.3 Å². The SMILES string of the molecule is CNC(=O)CCc1cc(-c2ccc(-c3ccc(C(F)(F)F)cc3)cc2)n(-c2ccc(-n3ccnn3)cc2)n1. The van der Waals surface area contributed by atoms with Crippen molar-refractivity contribution in [2.45, 2.75) is 19.0 Å². The molecule has 0 bridgehead atoms. The molecule has 2 heterocycles. The predicted octanol–water partition coefficient (Wildman–Crippen LogP) is 5.48. The molecule has 10 heteroatoms. The summed E-state index contributed by atoms with van der Waals surface area (Å²) in [6.45, 7) is 0. The van der Waals surface area contributed by atoms with E-state index < -0.39 is 11.7 Å². The Morgan fingerprint density at radius 1 is 0.868 bits per heavy atom. The number of carbonyl (C=O) groups excluding carboxylic acids is 1. The minimum atomic E-state index is -4.37. The van der Waals surface area contributed by atoms with E-state index in [9.17, 15) is 18.0 Å². The van der Waals surface area contributed by atoms with Gasteiger partial charge in [0.25, 0.3) is 0 Å². The number of hydrogen-bond acceptors (Lipinski definition) is 4. The van der Waals surface area contributed by atoms with Crippen molar-refractivity contribution in [3.8, 4) is 33.8 Å². The van der Waals surface area contributed by atoms with Crippen LogP contribution in [0.5, 0.6) is 0 Å². The molecule has 0 spiro atoms. The van der Waals surface area contributed by atoms with E-state index in [0.29, 0.717) is 18.4 Å². The summed E-state index contributed by atoms with van der Waals surface area (Å²) >= 11 is 0. The van der Waals surface area contributed by atoms with Crippen LogP contribution in [0.1, 0.15) is 17.7 Å². The fourth-order valence-electron chi connectivity index (χ4n) is 4.10. The standard InChI is InChI=1S/C28H23F3N6O/c1-32-27(38)15-10-23-18-26(37(34-23)25-13-11-24(12-14-25)36-17-16-33-35-36)21-4-2-19(3-5-21)20-6-8-22(9-7-20)28(29,30)31/h2-9,11-14,16-18H,10,15H2,1H3,(H,32,38). The van der Waals surface area contributed by atoms with Crippen LogP contribution >= 0.6 is 0 Å². The molecule has 0 saturated carbocycles. The fourth-order valence-corrected chi connectivity index (χ4v) is 4.10. The third-order valence-electron chi connectivity index (χ3n) is 6.15. The van der Waals surface area contributed by atoms with E-state index in [1.165, 1.54) is 12.1 Å². The Labute approximate surface area is 216 Å². The Hall–Kier alpha value is -4.73. The minimum Gasteiger partial charge on any atom is -0.359 e. The Morgan fingerprint density at radius 3 is 2.05 bits per heavy atom. The van der Waals surface area contributed by atoms with Crippen LogP contribution < -0.4 is 5.32 Å². The predicted molar refractivity (Wildman–Crippen MR) is 137 cm³/mol. The molecule has 1 amide bonds. The van der Waals surface area contributed by atoms with E-state index in [1.807, 2.05) is 59.3 Å². The second-order valence-electron chi connectivity index (χ2n) is 8.62. The highest BCUT2D eigenvalue weighted by Gasteiger charge is 2.30. The van der Waals surface area contributed by atoms with Crippen LogP contribution in [0.4, 0.5) is 13.2 Å². The van der Waals surface area contributed by atoms with Crippen molar-refractivity contribution < 1.29 is 18.0 Å². The zero-order valence-electron chi connectivity index (χ0n) is 20.4. The van der Waals surface area contributed by atoms with Gasteiger partial charge < -0.3 is 5.32 Å². The van der Waals surface area contributed by atoms with Crippen LogP contribution in [0, 0.1) is 0 Å². The van der Waals surface area contributed by atoms with Gasteiger partial charge in [-0.15, -0.1) is 5.10 Å². The summed E-state index contributed by atoms with van der Waals surface area (Å²) in [5.74, 6) is -0.0702. The molecule has 0 aliphatic heterocycles. The second-order valence-corrected chi connectivity index (χ2v) is 8.62. The summed E-state index contributed by atoms with van der Waals surface area (Å²) in [7, 11) is 1.60. The monoisotopic (exact) mass is 516 g/mol. The zero-order chi connectivity index (χ0) is 26.7.